The molecule has 1 aromatic rings. The first kappa shape index (κ1) is 12.6. The number of furan rings is 1. The minimum absolute atomic E-state index is 0.496. The third-order valence-electron chi connectivity index (χ3n) is 3.16. The van der Waals surface area contributed by atoms with Crippen LogP contribution in [-0.2, 0) is 16.0 Å². The number of ether oxygens (including phenoxy) is 2. The second-order valence-corrected chi connectivity index (χ2v) is 4.49. The summed E-state index contributed by atoms with van der Waals surface area (Å²) in [6.45, 7) is 6.17. The normalized spacial score (nSPS) is 20.3. The molecule has 2 rings (SSSR count). The molecular weight excluding hydrogens is 218 g/mol. The molecule has 0 radical (unpaired) electrons. The van der Waals surface area contributed by atoms with Gasteiger partial charge >= 0.3 is 0 Å². The van der Waals surface area contributed by atoms with Crippen LogP contribution in [0.1, 0.15) is 17.9 Å². The Labute approximate surface area is 102 Å². The van der Waals surface area contributed by atoms with Crippen LogP contribution in [0.3, 0.4) is 0 Å². The van der Waals surface area contributed by atoms with Crippen LogP contribution >= 0.6 is 0 Å². The van der Waals surface area contributed by atoms with E-state index in [1.807, 2.05) is 19.1 Å². The molecule has 1 aliphatic heterocycles. The fourth-order valence-corrected chi connectivity index (χ4v) is 2.18. The van der Waals surface area contributed by atoms with Crippen LogP contribution in [0.2, 0.25) is 0 Å². The molecule has 4 nitrogen and oxygen atoms in total. The van der Waals surface area contributed by atoms with Gasteiger partial charge in [0.05, 0.1) is 19.8 Å². The molecule has 0 unspecified atom stereocenters. The highest BCUT2D eigenvalue weighted by Crippen LogP contribution is 2.17. The zero-order valence-electron chi connectivity index (χ0n) is 10.6. The lowest BCUT2D eigenvalue weighted by Gasteiger charge is -2.26. The van der Waals surface area contributed by atoms with Crippen LogP contribution in [0.5, 0.6) is 0 Å². The van der Waals surface area contributed by atoms with Crippen molar-refractivity contribution in [1.29, 1.82) is 0 Å². The number of methoxy groups -OCH3 is 1. The molecule has 4 heteroatoms. The van der Waals surface area contributed by atoms with Gasteiger partial charge in [-0.05, 0) is 25.5 Å². The average Bonchev–Trinajstić information content (AvgIpc) is 2.95. The Balaban J connectivity index is 1.94. The van der Waals surface area contributed by atoms with Gasteiger partial charge < -0.3 is 13.9 Å². The molecule has 0 spiro atoms. The van der Waals surface area contributed by atoms with E-state index in [1.54, 1.807) is 7.11 Å². The Hall–Kier alpha value is -0.840. The number of aryl methyl sites for hydroxylation is 1. The van der Waals surface area contributed by atoms with E-state index in [9.17, 15) is 0 Å². The van der Waals surface area contributed by atoms with Crippen LogP contribution in [0.25, 0.3) is 0 Å². The Kier molecular flexibility index (Phi) is 4.59. The Bertz CT molecular complexity index is 331. The molecule has 2 heterocycles. The highest BCUT2D eigenvalue weighted by Gasteiger charge is 2.23. The van der Waals surface area contributed by atoms with Crippen molar-refractivity contribution in [2.24, 2.45) is 0 Å². The highest BCUT2D eigenvalue weighted by atomic mass is 16.5. The molecule has 0 aromatic carbocycles. The number of hydrogen-bond donors (Lipinski definition) is 0. The first-order chi connectivity index (χ1) is 8.29. The number of rotatable bonds is 6. The lowest BCUT2D eigenvalue weighted by molar-refractivity contribution is 0.0952. The zero-order valence-corrected chi connectivity index (χ0v) is 10.6. The van der Waals surface area contributed by atoms with E-state index in [1.165, 1.54) is 0 Å². The van der Waals surface area contributed by atoms with E-state index in [2.05, 4.69) is 4.90 Å². The molecule has 1 aromatic heterocycles. The molecule has 1 atom stereocenters. The van der Waals surface area contributed by atoms with Crippen LogP contribution in [0.4, 0.5) is 0 Å². The standard InChI is InChI=1S/C13H21NO3/c1-11-3-4-13(17-11)9-14(6-8-15-2)12-5-7-16-10-12/h3-4,12H,5-10H2,1-2H3/t12-/m0/s1. The summed E-state index contributed by atoms with van der Waals surface area (Å²) in [5.41, 5.74) is 0. The van der Waals surface area contributed by atoms with Crippen molar-refractivity contribution in [3.05, 3.63) is 23.7 Å². The average molecular weight is 239 g/mol. The van der Waals surface area contributed by atoms with Crippen molar-refractivity contribution in [3.8, 4) is 0 Å². The van der Waals surface area contributed by atoms with E-state index in [-0.39, 0.29) is 0 Å². The van der Waals surface area contributed by atoms with Gasteiger partial charge in [-0.3, -0.25) is 4.90 Å². The Morgan fingerprint density at radius 1 is 1.47 bits per heavy atom. The van der Waals surface area contributed by atoms with Crippen LogP contribution in [0, 0.1) is 6.92 Å². The summed E-state index contributed by atoms with van der Waals surface area (Å²) in [5, 5.41) is 0. The maximum atomic E-state index is 5.63. The van der Waals surface area contributed by atoms with Gasteiger partial charge in [-0.25, -0.2) is 0 Å². The molecule has 96 valence electrons. The molecule has 0 aliphatic carbocycles. The Morgan fingerprint density at radius 3 is 2.94 bits per heavy atom. The predicted octanol–water partition coefficient (Wildman–Crippen LogP) is 1.83. The van der Waals surface area contributed by atoms with E-state index in [4.69, 9.17) is 13.9 Å². The maximum Gasteiger partial charge on any atom is 0.118 e. The molecule has 0 N–H and O–H groups in total. The van der Waals surface area contributed by atoms with Crippen molar-refractivity contribution in [2.75, 3.05) is 33.5 Å². The molecule has 0 amide bonds. The molecule has 1 aliphatic rings. The molecule has 0 saturated carbocycles. The molecule has 17 heavy (non-hydrogen) atoms. The third-order valence-corrected chi connectivity index (χ3v) is 3.16. The summed E-state index contributed by atoms with van der Waals surface area (Å²) in [6.07, 6.45) is 1.10. The largest absolute Gasteiger partial charge is 0.465 e. The second kappa shape index (κ2) is 6.19. The second-order valence-electron chi connectivity index (χ2n) is 4.49. The van der Waals surface area contributed by atoms with Gasteiger partial charge in [0.25, 0.3) is 0 Å². The molecule has 0 bridgehead atoms. The quantitative estimate of drug-likeness (QED) is 0.758. The molecule has 1 saturated heterocycles. The van der Waals surface area contributed by atoms with Gasteiger partial charge in [0.1, 0.15) is 11.5 Å². The van der Waals surface area contributed by atoms with Crippen molar-refractivity contribution in [3.63, 3.8) is 0 Å². The SMILES string of the molecule is COCCN(Cc1ccc(C)o1)[C@H]1CCOC1. The van der Waals surface area contributed by atoms with Gasteiger partial charge in [0.2, 0.25) is 0 Å². The fraction of sp³-hybridized carbons (Fsp3) is 0.692. The van der Waals surface area contributed by atoms with Crippen molar-refractivity contribution in [1.82, 2.24) is 4.90 Å². The maximum absolute atomic E-state index is 5.63. The number of hydrogen-bond acceptors (Lipinski definition) is 4. The van der Waals surface area contributed by atoms with Gasteiger partial charge in [-0.1, -0.05) is 0 Å². The summed E-state index contributed by atoms with van der Waals surface area (Å²) in [6, 6.07) is 4.55. The zero-order chi connectivity index (χ0) is 12.1. The van der Waals surface area contributed by atoms with Crippen LogP contribution in [-0.4, -0.2) is 44.4 Å². The lowest BCUT2D eigenvalue weighted by atomic mass is 10.2. The van der Waals surface area contributed by atoms with Crippen molar-refractivity contribution in [2.45, 2.75) is 25.9 Å². The van der Waals surface area contributed by atoms with Crippen molar-refractivity contribution < 1.29 is 13.9 Å². The summed E-state index contributed by atoms with van der Waals surface area (Å²) in [4.78, 5) is 2.38. The molecule has 1 fully saturated rings. The van der Waals surface area contributed by atoms with Gasteiger partial charge in [0.15, 0.2) is 0 Å². The first-order valence-electron chi connectivity index (χ1n) is 6.15. The topological polar surface area (TPSA) is 34.8 Å². The van der Waals surface area contributed by atoms with Crippen molar-refractivity contribution >= 4 is 0 Å². The summed E-state index contributed by atoms with van der Waals surface area (Å²) in [7, 11) is 1.74. The van der Waals surface area contributed by atoms with E-state index in [0.29, 0.717) is 6.04 Å². The van der Waals surface area contributed by atoms with E-state index in [0.717, 1.165) is 50.9 Å². The molecular formula is C13H21NO3. The minimum atomic E-state index is 0.496. The smallest absolute Gasteiger partial charge is 0.118 e. The van der Waals surface area contributed by atoms with Crippen LogP contribution < -0.4 is 0 Å². The summed E-state index contributed by atoms with van der Waals surface area (Å²) in [5.74, 6) is 1.99. The van der Waals surface area contributed by atoms with Gasteiger partial charge in [0, 0.05) is 26.3 Å². The van der Waals surface area contributed by atoms with E-state index >= 15 is 0 Å². The number of nitrogens with zero attached hydrogens (tertiary/aromatic N) is 1. The minimum Gasteiger partial charge on any atom is -0.465 e. The fourth-order valence-electron chi connectivity index (χ4n) is 2.18. The van der Waals surface area contributed by atoms with Crippen LogP contribution in [0.15, 0.2) is 16.5 Å². The third kappa shape index (κ3) is 3.56. The Morgan fingerprint density at radius 2 is 2.35 bits per heavy atom. The van der Waals surface area contributed by atoms with Gasteiger partial charge in [-0.15, -0.1) is 0 Å². The summed E-state index contributed by atoms with van der Waals surface area (Å²) < 4.78 is 16.2. The monoisotopic (exact) mass is 239 g/mol. The van der Waals surface area contributed by atoms with Gasteiger partial charge in [-0.2, -0.15) is 0 Å². The lowest BCUT2D eigenvalue weighted by Crippen LogP contribution is -2.37. The van der Waals surface area contributed by atoms with E-state index < -0.39 is 0 Å². The highest BCUT2D eigenvalue weighted by molar-refractivity contribution is 5.05. The predicted molar refractivity (Wildman–Crippen MR) is 65.0 cm³/mol. The summed E-state index contributed by atoms with van der Waals surface area (Å²) >= 11 is 0. The first-order valence-corrected chi connectivity index (χ1v) is 6.15.